The van der Waals surface area contributed by atoms with Crippen LogP contribution in [0.4, 0.5) is 0 Å². The Kier molecular flexibility index (Phi) is 5.40. The molecule has 1 aliphatic heterocycles. The largest absolute Gasteiger partial charge is 0.342 e. The first-order valence-corrected chi connectivity index (χ1v) is 6.79. The summed E-state index contributed by atoms with van der Waals surface area (Å²) in [6.45, 7) is 11.6. The van der Waals surface area contributed by atoms with E-state index in [1.807, 2.05) is 25.7 Å². The van der Waals surface area contributed by atoms with E-state index in [9.17, 15) is 4.79 Å². The van der Waals surface area contributed by atoms with Gasteiger partial charge in [0.2, 0.25) is 5.91 Å². The Morgan fingerprint density at radius 2 is 2.06 bits per heavy atom. The van der Waals surface area contributed by atoms with Crippen molar-refractivity contribution in [1.29, 1.82) is 0 Å². The van der Waals surface area contributed by atoms with E-state index in [1.165, 1.54) is 0 Å². The number of likely N-dealkylation sites (tertiary alicyclic amines) is 1. The van der Waals surface area contributed by atoms with Crippen molar-refractivity contribution in [2.24, 2.45) is 11.7 Å². The second kappa shape index (κ2) is 6.36. The molecular weight excluding hydrogens is 214 g/mol. The topological polar surface area (TPSA) is 49.6 Å². The summed E-state index contributed by atoms with van der Waals surface area (Å²) in [7, 11) is 0. The van der Waals surface area contributed by atoms with Crippen LogP contribution in [0.2, 0.25) is 0 Å². The van der Waals surface area contributed by atoms with Crippen molar-refractivity contribution in [3.8, 4) is 0 Å². The van der Waals surface area contributed by atoms with Crippen molar-refractivity contribution >= 4 is 5.91 Å². The highest BCUT2D eigenvalue weighted by Gasteiger charge is 2.35. The maximum atomic E-state index is 12.3. The molecule has 0 aromatic heterocycles. The lowest BCUT2D eigenvalue weighted by atomic mass is 10.1. The zero-order valence-electron chi connectivity index (χ0n) is 11.6. The fourth-order valence-electron chi connectivity index (χ4n) is 2.82. The fourth-order valence-corrected chi connectivity index (χ4v) is 2.82. The van der Waals surface area contributed by atoms with Gasteiger partial charge in [0.05, 0.1) is 6.04 Å². The number of carbonyl (C=O) groups excluding carboxylic acids is 1. The van der Waals surface area contributed by atoms with Gasteiger partial charge in [-0.1, -0.05) is 0 Å². The van der Waals surface area contributed by atoms with Crippen molar-refractivity contribution in [3.05, 3.63) is 0 Å². The number of hydrogen-bond acceptors (Lipinski definition) is 3. The van der Waals surface area contributed by atoms with Gasteiger partial charge in [0.15, 0.2) is 0 Å². The smallest absolute Gasteiger partial charge is 0.239 e. The quantitative estimate of drug-likeness (QED) is 0.778. The van der Waals surface area contributed by atoms with Crippen molar-refractivity contribution in [2.75, 3.05) is 26.2 Å². The van der Waals surface area contributed by atoms with Gasteiger partial charge in [-0.15, -0.1) is 0 Å². The van der Waals surface area contributed by atoms with Gasteiger partial charge in [0.25, 0.3) is 0 Å². The Balaban J connectivity index is 2.63. The van der Waals surface area contributed by atoms with E-state index in [0.29, 0.717) is 12.0 Å². The van der Waals surface area contributed by atoms with Crippen LogP contribution in [-0.4, -0.2) is 54.0 Å². The van der Waals surface area contributed by atoms with E-state index >= 15 is 0 Å². The van der Waals surface area contributed by atoms with Crippen LogP contribution in [0, 0.1) is 5.92 Å². The highest BCUT2D eigenvalue weighted by molar-refractivity contribution is 5.81. The predicted molar refractivity (Wildman–Crippen MR) is 70.7 cm³/mol. The Hall–Kier alpha value is -0.610. The average Bonchev–Trinajstić information content (AvgIpc) is 2.71. The van der Waals surface area contributed by atoms with Crippen LogP contribution in [0.15, 0.2) is 0 Å². The van der Waals surface area contributed by atoms with E-state index < -0.39 is 0 Å². The normalized spacial score (nSPS) is 27.1. The van der Waals surface area contributed by atoms with Gasteiger partial charge in [-0.3, -0.25) is 9.69 Å². The number of rotatable bonds is 5. The average molecular weight is 241 g/mol. The van der Waals surface area contributed by atoms with Gasteiger partial charge in [0, 0.05) is 25.7 Å². The van der Waals surface area contributed by atoms with Crippen LogP contribution < -0.4 is 5.73 Å². The van der Waals surface area contributed by atoms with E-state index in [1.54, 1.807) is 0 Å². The SMILES string of the molecule is CCN(CC)C(=O)C(C)N1CC(CN)CC1C. The van der Waals surface area contributed by atoms with E-state index in [4.69, 9.17) is 5.73 Å². The third-order valence-electron chi connectivity index (χ3n) is 3.97. The lowest BCUT2D eigenvalue weighted by Gasteiger charge is -2.31. The molecule has 0 aromatic carbocycles. The Bertz CT molecular complexity index is 253. The van der Waals surface area contributed by atoms with Crippen molar-refractivity contribution in [2.45, 2.75) is 46.2 Å². The maximum absolute atomic E-state index is 12.3. The van der Waals surface area contributed by atoms with E-state index in [2.05, 4.69) is 11.8 Å². The zero-order valence-corrected chi connectivity index (χ0v) is 11.6. The van der Waals surface area contributed by atoms with Crippen molar-refractivity contribution < 1.29 is 4.79 Å². The molecule has 0 radical (unpaired) electrons. The van der Waals surface area contributed by atoms with Gasteiger partial charge in [-0.25, -0.2) is 0 Å². The Morgan fingerprint density at radius 3 is 2.47 bits per heavy atom. The molecular formula is C13H27N3O. The third-order valence-corrected chi connectivity index (χ3v) is 3.97. The minimum Gasteiger partial charge on any atom is -0.342 e. The number of nitrogens with zero attached hydrogens (tertiary/aromatic N) is 2. The molecule has 3 unspecified atom stereocenters. The number of carbonyl (C=O) groups is 1. The molecule has 1 amide bonds. The molecule has 2 N–H and O–H groups in total. The maximum Gasteiger partial charge on any atom is 0.239 e. The van der Waals surface area contributed by atoms with Crippen LogP contribution >= 0.6 is 0 Å². The standard InChI is InChI=1S/C13H27N3O/c1-5-15(6-2)13(17)11(4)16-9-12(8-14)7-10(16)3/h10-12H,5-9,14H2,1-4H3. The van der Waals surface area contributed by atoms with Gasteiger partial charge >= 0.3 is 0 Å². The highest BCUT2D eigenvalue weighted by atomic mass is 16.2. The van der Waals surface area contributed by atoms with Crippen LogP contribution in [-0.2, 0) is 4.79 Å². The number of amides is 1. The Labute approximate surface area is 105 Å². The summed E-state index contributed by atoms with van der Waals surface area (Å²) in [5.74, 6) is 0.802. The summed E-state index contributed by atoms with van der Waals surface area (Å²) in [5.41, 5.74) is 5.72. The van der Waals surface area contributed by atoms with Gasteiger partial charge < -0.3 is 10.6 Å². The lowest BCUT2D eigenvalue weighted by molar-refractivity contribution is -0.136. The first kappa shape index (κ1) is 14.5. The summed E-state index contributed by atoms with van der Waals surface area (Å²) in [4.78, 5) is 16.5. The van der Waals surface area contributed by atoms with E-state index in [-0.39, 0.29) is 11.9 Å². The first-order chi connectivity index (χ1) is 8.04. The molecule has 1 aliphatic rings. The van der Waals surface area contributed by atoms with Crippen LogP contribution in [0.25, 0.3) is 0 Å². The lowest BCUT2D eigenvalue weighted by Crippen LogP contribution is -2.48. The Morgan fingerprint density at radius 1 is 1.47 bits per heavy atom. The molecule has 1 saturated heterocycles. The monoisotopic (exact) mass is 241 g/mol. The van der Waals surface area contributed by atoms with Crippen molar-refractivity contribution in [1.82, 2.24) is 9.80 Å². The molecule has 0 bridgehead atoms. The molecule has 4 nitrogen and oxygen atoms in total. The van der Waals surface area contributed by atoms with Gasteiger partial charge in [0.1, 0.15) is 0 Å². The summed E-state index contributed by atoms with van der Waals surface area (Å²) in [6.07, 6.45) is 1.12. The molecule has 1 heterocycles. The van der Waals surface area contributed by atoms with Crippen molar-refractivity contribution in [3.63, 3.8) is 0 Å². The highest BCUT2D eigenvalue weighted by Crippen LogP contribution is 2.24. The second-order valence-electron chi connectivity index (χ2n) is 5.07. The molecule has 0 aliphatic carbocycles. The minimum atomic E-state index is -0.0125. The molecule has 0 spiro atoms. The molecule has 0 aromatic rings. The van der Waals surface area contributed by atoms with Crippen LogP contribution in [0.1, 0.15) is 34.1 Å². The second-order valence-corrected chi connectivity index (χ2v) is 5.07. The molecule has 1 fully saturated rings. The number of nitrogens with two attached hydrogens (primary N) is 1. The molecule has 3 atom stereocenters. The first-order valence-electron chi connectivity index (χ1n) is 6.79. The number of hydrogen-bond donors (Lipinski definition) is 1. The molecule has 4 heteroatoms. The predicted octanol–water partition coefficient (Wildman–Crippen LogP) is 0.912. The van der Waals surface area contributed by atoms with Crippen LogP contribution in [0.5, 0.6) is 0 Å². The molecule has 1 rings (SSSR count). The molecule has 100 valence electrons. The zero-order chi connectivity index (χ0) is 13.0. The summed E-state index contributed by atoms with van der Waals surface area (Å²) < 4.78 is 0. The molecule has 0 saturated carbocycles. The minimum absolute atomic E-state index is 0.0125. The fraction of sp³-hybridized carbons (Fsp3) is 0.923. The van der Waals surface area contributed by atoms with Crippen LogP contribution in [0.3, 0.4) is 0 Å². The third kappa shape index (κ3) is 3.19. The summed E-state index contributed by atoms with van der Waals surface area (Å²) in [5, 5.41) is 0. The molecule has 17 heavy (non-hydrogen) atoms. The van der Waals surface area contributed by atoms with Gasteiger partial charge in [-0.2, -0.15) is 0 Å². The summed E-state index contributed by atoms with van der Waals surface area (Å²) in [6, 6.07) is 0.458. The van der Waals surface area contributed by atoms with Gasteiger partial charge in [-0.05, 0) is 46.6 Å². The summed E-state index contributed by atoms with van der Waals surface area (Å²) >= 11 is 0. The van der Waals surface area contributed by atoms with E-state index in [0.717, 1.165) is 32.6 Å². The number of likely N-dealkylation sites (N-methyl/N-ethyl adjacent to an activating group) is 1.